The molecule has 0 bridgehead atoms. The van der Waals surface area contributed by atoms with Crippen molar-refractivity contribution in [3.05, 3.63) is 0 Å². The van der Waals surface area contributed by atoms with Gasteiger partial charge in [0.2, 0.25) is 0 Å². The normalized spacial score (nSPS) is 24.8. The molecule has 1 saturated heterocycles. The molecule has 15 heavy (non-hydrogen) atoms. The summed E-state index contributed by atoms with van der Waals surface area (Å²) in [5.74, 6) is 0. The van der Waals surface area contributed by atoms with Gasteiger partial charge in [0, 0.05) is 37.3 Å². The zero-order chi connectivity index (χ0) is 11.4. The van der Waals surface area contributed by atoms with Gasteiger partial charge in [-0.15, -0.1) is 0 Å². The maximum Gasteiger partial charge on any atom is 0.0496 e. The van der Waals surface area contributed by atoms with Crippen molar-refractivity contribution in [1.82, 2.24) is 5.32 Å². The third kappa shape index (κ3) is 3.74. The fraction of sp³-hybridized carbons (Fsp3) is 1.00. The van der Waals surface area contributed by atoms with E-state index in [4.69, 9.17) is 4.74 Å². The van der Waals surface area contributed by atoms with Crippen LogP contribution in [0.4, 0.5) is 0 Å². The van der Waals surface area contributed by atoms with Crippen LogP contribution in [0, 0.1) is 5.41 Å². The first-order chi connectivity index (χ1) is 7.04. The molecule has 1 fully saturated rings. The SMILES string of the molecule is CCC(C)(CO)CNC1(C)CCOCC1. The van der Waals surface area contributed by atoms with Crippen LogP contribution in [0.25, 0.3) is 0 Å². The highest BCUT2D eigenvalue weighted by Gasteiger charge is 2.30. The fourth-order valence-electron chi connectivity index (χ4n) is 1.72. The lowest BCUT2D eigenvalue weighted by molar-refractivity contribution is 0.0357. The third-order valence-corrected chi connectivity index (χ3v) is 3.77. The molecule has 0 spiro atoms. The van der Waals surface area contributed by atoms with Crippen LogP contribution in [-0.2, 0) is 4.74 Å². The van der Waals surface area contributed by atoms with Gasteiger partial charge in [0.15, 0.2) is 0 Å². The van der Waals surface area contributed by atoms with Gasteiger partial charge in [-0.25, -0.2) is 0 Å². The van der Waals surface area contributed by atoms with Gasteiger partial charge in [0.1, 0.15) is 0 Å². The van der Waals surface area contributed by atoms with Crippen LogP contribution in [-0.4, -0.2) is 37.0 Å². The minimum atomic E-state index is 0.0152. The first-order valence-corrected chi connectivity index (χ1v) is 5.97. The number of hydrogen-bond donors (Lipinski definition) is 2. The van der Waals surface area contributed by atoms with Crippen LogP contribution in [0.2, 0.25) is 0 Å². The predicted octanol–water partition coefficient (Wildman–Crippen LogP) is 1.55. The van der Waals surface area contributed by atoms with E-state index in [1.165, 1.54) is 0 Å². The summed E-state index contributed by atoms with van der Waals surface area (Å²) < 4.78 is 5.36. The number of hydrogen-bond acceptors (Lipinski definition) is 3. The lowest BCUT2D eigenvalue weighted by atomic mass is 9.85. The van der Waals surface area contributed by atoms with Gasteiger partial charge in [0.05, 0.1) is 0 Å². The van der Waals surface area contributed by atoms with Crippen molar-refractivity contribution in [2.24, 2.45) is 5.41 Å². The van der Waals surface area contributed by atoms with Crippen molar-refractivity contribution in [2.75, 3.05) is 26.4 Å². The van der Waals surface area contributed by atoms with Crippen molar-refractivity contribution >= 4 is 0 Å². The van der Waals surface area contributed by atoms with Crippen molar-refractivity contribution < 1.29 is 9.84 Å². The lowest BCUT2D eigenvalue weighted by Crippen LogP contribution is -2.50. The van der Waals surface area contributed by atoms with Gasteiger partial charge < -0.3 is 15.2 Å². The minimum Gasteiger partial charge on any atom is -0.396 e. The van der Waals surface area contributed by atoms with E-state index >= 15 is 0 Å². The van der Waals surface area contributed by atoms with Gasteiger partial charge >= 0.3 is 0 Å². The smallest absolute Gasteiger partial charge is 0.0496 e. The first-order valence-electron chi connectivity index (χ1n) is 5.97. The molecule has 1 aliphatic rings. The van der Waals surface area contributed by atoms with Crippen LogP contribution >= 0.6 is 0 Å². The van der Waals surface area contributed by atoms with Crippen molar-refractivity contribution in [2.45, 2.75) is 45.6 Å². The van der Waals surface area contributed by atoms with E-state index in [0.29, 0.717) is 0 Å². The van der Waals surface area contributed by atoms with Gasteiger partial charge in [-0.2, -0.15) is 0 Å². The largest absolute Gasteiger partial charge is 0.396 e. The topological polar surface area (TPSA) is 41.5 Å². The zero-order valence-electron chi connectivity index (χ0n) is 10.3. The molecule has 0 radical (unpaired) electrons. The Hall–Kier alpha value is -0.120. The van der Waals surface area contributed by atoms with E-state index in [9.17, 15) is 5.11 Å². The molecule has 0 aromatic heterocycles. The second-order valence-corrected chi connectivity index (χ2v) is 5.35. The molecular formula is C12H25NO2. The molecule has 1 aliphatic heterocycles. The van der Waals surface area contributed by atoms with E-state index < -0.39 is 0 Å². The Kier molecular flexibility index (Phi) is 4.56. The molecule has 0 saturated carbocycles. The highest BCUT2D eigenvalue weighted by Crippen LogP contribution is 2.24. The van der Waals surface area contributed by atoms with E-state index in [2.05, 4.69) is 26.1 Å². The molecule has 3 nitrogen and oxygen atoms in total. The van der Waals surface area contributed by atoms with Crippen LogP contribution in [0.5, 0.6) is 0 Å². The standard InChI is InChI=1S/C12H25NO2/c1-4-11(2,10-14)9-13-12(3)5-7-15-8-6-12/h13-14H,4-10H2,1-3H3. The Morgan fingerprint density at radius 3 is 2.47 bits per heavy atom. The van der Waals surface area contributed by atoms with Crippen molar-refractivity contribution in [1.29, 1.82) is 0 Å². The summed E-state index contributed by atoms with van der Waals surface area (Å²) in [6.45, 7) is 9.35. The van der Waals surface area contributed by atoms with Crippen LogP contribution in [0.15, 0.2) is 0 Å². The first kappa shape index (κ1) is 12.9. The molecule has 3 heteroatoms. The Labute approximate surface area is 93.2 Å². The summed E-state index contributed by atoms with van der Waals surface area (Å²) >= 11 is 0. The third-order valence-electron chi connectivity index (χ3n) is 3.77. The number of rotatable bonds is 5. The number of nitrogens with one attached hydrogen (secondary N) is 1. The fourth-order valence-corrected chi connectivity index (χ4v) is 1.72. The summed E-state index contributed by atoms with van der Waals surface area (Å²) in [7, 11) is 0. The number of ether oxygens (including phenoxy) is 1. The molecular weight excluding hydrogens is 190 g/mol. The number of aliphatic hydroxyl groups excluding tert-OH is 1. The van der Waals surface area contributed by atoms with Crippen LogP contribution in [0.1, 0.15) is 40.0 Å². The maximum absolute atomic E-state index is 9.33. The zero-order valence-corrected chi connectivity index (χ0v) is 10.3. The molecule has 90 valence electrons. The summed E-state index contributed by atoms with van der Waals surface area (Å²) in [4.78, 5) is 0. The highest BCUT2D eigenvalue weighted by atomic mass is 16.5. The second kappa shape index (κ2) is 5.28. The van der Waals surface area contributed by atoms with Gasteiger partial charge in [-0.1, -0.05) is 13.8 Å². The molecule has 0 aromatic rings. The average Bonchev–Trinajstić information content (AvgIpc) is 2.27. The maximum atomic E-state index is 9.33. The summed E-state index contributed by atoms with van der Waals surface area (Å²) in [5, 5.41) is 12.9. The lowest BCUT2D eigenvalue weighted by Gasteiger charge is -2.38. The molecule has 0 aromatic carbocycles. The Morgan fingerprint density at radius 1 is 1.40 bits per heavy atom. The van der Waals surface area contributed by atoms with Gasteiger partial charge in [-0.3, -0.25) is 0 Å². The highest BCUT2D eigenvalue weighted by molar-refractivity contribution is 4.88. The summed E-state index contributed by atoms with van der Waals surface area (Å²) in [5.41, 5.74) is 0.213. The molecule has 0 amide bonds. The van der Waals surface area contributed by atoms with E-state index in [-0.39, 0.29) is 17.6 Å². The van der Waals surface area contributed by atoms with Gasteiger partial charge in [-0.05, 0) is 26.2 Å². The monoisotopic (exact) mass is 215 g/mol. The Balaban J connectivity index is 2.40. The van der Waals surface area contributed by atoms with E-state index in [0.717, 1.165) is 39.0 Å². The van der Waals surface area contributed by atoms with Crippen LogP contribution in [0.3, 0.4) is 0 Å². The van der Waals surface area contributed by atoms with Crippen molar-refractivity contribution in [3.8, 4) is 0 Å². The predicted molar refractivity (Wildman–Crippen MR) is 61.9 cm³/mol. The van der Waals surface area contributed by atoms with Crippen molar-refractivity contribution in [3.63, 3.8) is 0 Å². The molecule has 1 rings (SSSR count). The van der Waals surface area contributed by atoms with E-state index in [1.807, 2.05) is 0 Å². The Bertz CT molecular complexity index is 184. The second-order valence-electron chi connectivity index (χ2n) is 5.35. The molecule has 1 atom stereocenters. The molecule has 2 N–H and O–H groups in total. The van der Waals surface area contributed by atoms with Crippen LogP contribution < -0.4 is 5.32 Å². The summed E-state index contributed by atoms with van der Waals surface area (Å²) in [6.07, 6.45) is 3.14. The molecule has 1 heterocycles. The Morgan fingerprint density at radius 2 is 2.00 bits per heavy atom. The summed E-state index contributed by atoms with van der Waals surface area (Å²) in [6, 6.07) is 0. The van der Waals surface area contributed by atoms with E-state index in [1.54, 1.807) is 0 Å². The quantitative estimate of drug-likeness (QED) is 0.731. The average molecular weight is 215 g/mol. The minimum absolute atomic E-state index is 0.0152. The number of aliphatic hydroxyl groups is 1. The molecule has 0 aliphatic carbocycles. The van der Waals surface area contributed by atoms with Gasteiger partial charge in [0.25, 0.3) is 0 Å². The molecule has 1 unspecified atom stereocenters.